The van der Waals surface area contributed by atoms with Crippen LogP contribution < -0.4 is 10.0 Å². The van der Waals surface area contributed by atoms with E-state index in [4.69, 9.17) is 4.74 Å². The Morgan fingerprint density at radius 3 is 3.00 bits per heavy atom. The van der Waals surface area contributed by atoms with Gasteiger partial charge in [0.15, 0.2) is 0 Å². The molecule has 114 valence electrons. The Morgan fingerprint density at radius 1 is 1.50 bits per heavy atom. The predicted octanol–water partition coefficient (Wildman–Crippen LogP) is -0.0517. The van der Waals surface area contributed by atoms with Crippen LogP contribution in [0.2, 0.25) is 0 Å². The highest BCUT2D eigenvalue weighted by Gasteiger charge is 2.31. The van der Waals surface area contributed by atoms with Crippen molar-refractivity contribution in [3.05, 3.63) is 12.4 Å². The van der Waals surface area contributed by atoms with Gasteiger partial charge in [0.05, 0.1) is 18.8 Å². The number of sulfonamides is 1. The second kappa shape index (κ2) is 6.66. The van der Waals surface area contributed by atoms with Crippen LogP contribution in [0.15, 0.2) is 17.3 Å². The fourth-order valence-electron chi connectivity index (χ4n) is 2.44. The van der Waals surface area contributed by atoms with E-state index in [0.717, 1.165) is 25.8 Å². The molecule has 0 aliphatic heterocycles. The van der Waals surface area contributed by atoms with E-state index in [1.165, 1.54) is 6.20 Å². The number of nitrogens with one attached hydrogen (secondary N) is 2. The quantitative estimate of drug-likeness (QED) is 0.737. The summed E-state index contributed by atoms with van der Waals surface area (Å²) < 4.78 is 34.2. The Kier molecular flexibility index (Phi) is 5.14. The summed E-state index contributed by atoms with van der Waals surface area (Å²) in [6.45, 7) is 1.37. The lowest BCUT2D eigenvalue weighted by Gasteiger charge is -2.18. The Hall–Kier alpha value is -0.960. The Bertz CT molecular complexity index is 529. The van der Waals surface area contributed by atoms with E-state index < -0.39 is 10.0 Å². The molecule has 0 spiro atoms. The van der Waals surface area contributed by atoms with Gasteiger partial charge in [-0.3, -0.25) is 4.68 Å². The summed E-state index contributed by atoms with van der Waals surface area (Å²) in [5.74, 6) is 0. The largest absolute Gasteiger partial charge is 0.380 e. The Balaban J connectivity index is 2.04. The Morgan fingerprint density at radius 2 is 2.30 bits per heavy atom. The van der Waals surface area contributed by atoms with Crippen LogP contribution >= 0.6 is 0 Å². The zero-order valence-corrected chi connectivity index (χ0v) is 12.7. The van der Waals surface area contributed by atoms with Gasteiger partial charge in [-0.25, -0.2) is 13.1 Å². The third-order valence-electron chi connectivity index (χ3n) is 3.57. The van der Waals surface area contributed by atoms with Gasteiger partial charge in [0.2, 0.25) is 10.0 Å². The van der Waals surface area contributed by atoms with E-state index in [9.17, 15) is 8.42 Å². The van der Waals surface area contributed by atoms with Crippen molar-refractivity contribution in [2.24, 2.45) is 0 Å². The molecule has 20 heavy (non-hydrogen) atoms. The van der Waals surface area contributed by atoms with Gasteiger partial charge in [0, 0.05) is 25.9 Å². The fraction of sp³-hybridized carbons (Fsp3) is 0.750. The molecule has 0 bridgehead atoms. The third-order valence-corrected chi connectivity index (χ3v) is 5.02. The van der Waals surface area contributed by atoms with Crippen LogP contribution in [0, 0.1) is 0 Å². The van der Waals surface area contributed by atoms with Crippen LogP contribution in [0.1, 0.15) is 19.3 Å². The summed E-state index contributed by atoms with van der Waals surface area (Å²) in [5, 5.41) is 7.05. The summed E-state index contributed by atoms with van der Waals surface area (Å²) in [6.07, 6.45) is 5.58. The van der Waals surface area contributed by atoms with Gasteiger partial charge >= 0.3 is 0 Å². The summed E-state index contributed by atoms with van der Waals surface area (Å²) in [4.78, 5) is 0.204. The van der Waals surface area contributed by atoms with Crippen LogP contribution in [-0.4, -0.2) is 51.0 Å². The second-order valence-electron chi connectivity index (χ2n) is 4.98. The maximum atomic E-state index is 12.3. The van der Waals surface area contributed by atoms with Crippen molar-refractivity contribution >= 4 is 10.0 Å². The van der Waals surface area contributed by atoms with E-state index >= 15 is 0 Å². The molecule has 8 heteroatoms. The predicted molar refractivity (Wildman–Crippen MR) is 74.9 cm³/mol. The van der Waals surface area contributed by atoms with Crippen molar-refractivity contribution in [2.45, 2.75) is 42.8 Å². The highest BCUT2D eigenvalue weighted by Crippen LogP contribution is 2.23. The van der Waals surface area contributed by atoms with Crippen LogP contribution in [0.3, 0.4) is 0 Å². The second-order valence-corrected chi connectivity index (χ2v) is 6.69. The summed E-state index contributed by atoms with van der Waals surface area (Å²) in [6, 6.07) is -0.148. The van der Waals surface area contributed by atoms with Crippen molar-refractivity contribution in [3.63, 3.8) is 0 Å². The molecule has 0 saturated heterocycles. The summed E-state index contributed by atoms with van der Waals surface area (Å²) in [5.41, 5.74) is 0. The molecule has 1 aromatic heterocycles. The van der Waals surface area contributed by atoms with Crippen molar-refractivity contribution in [3.8, 4) is 0 Å². The zero-order valence-electron chi connectivity index (χ0n) is 11.9. The van der Waals surface area contributed by atoms with Crippen LogP contribution in [-0.2, 0) is 21.3 Å². The lowest BCUT2D eigenvalue weighted by molar-refractivity contribution is 0.0916. The first-order valence-electron chi connectivity index (χ1n) is 6.79. The molecular formula is C12H22N4O3S. The minimum absolute atomic E-state index is 0.0379. The Labute approximate surface area is 119 Å². The molecule has 0 radical (unpaired) electrons. The average molecular weight is 302 g/mol. The van der Waals surface area contributed by atoms with Gasteiger partial charge in [0.25, 0.3) is 0 Å². The average Bonchev–Trinajstić information content (AvgIpc) is 3.04. The summed E-state index contributed by atoms with van der Waals surface area (Å²) >= 11 is 0. The number of ether oxygens (including phenoxy) is 1. The molecule has 1 aromatic rings. The fourth-order valence-corrected chi connectivity index (χ4v) is 3.69. The molecule has 0 aromatic carbocycles. The molecule has 2 unspecified atom stereocenters. The van der Waals surface area contributed by atoms with E-state index in [-0.39, 0.29) is 17.0 Å². The highest BCUT2D eigenvalue weighted by molar-refractivity contribution is 7.89. The first kappa shape index (κ1) is 15.4. The third kappa shape index (κ3) is 3.57. The number of nitrogens with zero attached hydrogens (tertiary/aromatic N) is 2. The molecule has 2 rings (SSSR count). The number of aromatic nitrogens is 2. The van der Waals surface area contributed by atoms with Crippen molar-refractivity contribution in [1.29, 1.82) is 0 Å². The van der Waals surface area contributed by atoms with E-state index in [1.54, 1.807) is 18.0 Å². The van der Waals surface area contributed by atoms with Gasteiger partial charge < -0.3 is 10.1 Å². The van der Waals surface area contributed by atoms with Gasteiger partial charge in [-0.15, -0.1) is 0 Å². The lowest BCUT2D eigenvalue weighted by atomic mass is 10.2. The molecule has 7 nitrogen and oxygen atoms in total. The zero-order chi connectivity index (χ0) is 14.6. The minimum Gasteiger partial charge on any atom is -0.380 e. The number of likely N-dealkylation sites (N-methyl/N-ethyl adjacent to an activating group) is 1. The number of hydrogen-bond donors (Lipinski definition) is 2. The van der Waals surface area contributed by atoms with Crippen LogP contribution in [0.5, 0.6) is 0 Å². The molecule has 2 atom stereocenters. The van der Waals surface area contributed by atoms with Crippen molar-refractivity contribution < 1.29 is 13.2 Å². The van der Waals surface area contributed by atoms with Gasteiger partial charge in [-0.2, -0.15) is 5.10 Å². The topological polar surface area (TPSA) is 85.2 Å². The number of rotatable bonds is 7. The standard InChI is InChI=1S/C12H22N4O3S/c1-13-6-7-16-9-10(8-14-16)20(17,18)15-11-4-3-5-12(11)19-2/h8-9,11-13,15H,3-7H2,1-2H3. The minimum atomic E-state index is -3.52. The molecule has 1 heterocycles. The molecule has 1 aliphatic rings. The van der Waals surface area contributed by atoms with E-state index in [2.05, 4.69) is 15.1 Å². The molecule has 1 saturated carbocycles. The maximum absolute atomic E-state index is 12.3. The molecule has 1 aliphatic carbocycles. The monoisotopic (exact) mass is 302 g/mol. The van der Waals surface area contributed by atoms with Crippen molar-refractivity contribution in [1.82, 2.24) is 19.8 Å². The highest BCUT2D eigenvalue weighted by atomic mass is 32.2. The van der Waals surface area contributed by atoms with E-state index in [0.29, 0.717) is 6.54 Å². The molecule has 1 fully saturated rings. The van der Waals surface area contributed by atoms with Gasteiger partial charge in [-0.1, -0.05) is 0 Å². The lowest BCUT2D eigenvalue weighted by Crippen LogP contribution is -2.40. The number of hydrogen-bond acceptors (Lipinski definition) is 5. The molecule has 2 N–H and O–H groups in total. The molecular weight excluding hydrogens is 280 g/mol. The van der Waals surface area contributed by atoms with Crippen LogP contribution in [0.25, 0.3) is 0 Å². The van der Waals surface area contributed by atoms with Crippen LogP contribution in [0.4, 0.5) is 0 Å². The van der Waals surface area contributed by atoms with Gasteiger partial charge in [0.1, 0.15) is 4.90 Å². The van der Waals surface area contributed by atoms with Gasteiger partial charge in [-0.05, 0) is 26.3 Å². The molecule has 0 amide bonds. The smallest absolute Gasteiger partial charge is 0.244 e. The number of methoxy groups -OCH3 is 1. The first-order valence-corrected chi connectivity index (χ1v) is 8.27. The maximum Gasteiger partial charge on any atom is 0.244 e. The van der Waals surface area contributed by atoms with E-state index in [1.807, 2.05) is 7.05 Å². The first-order chi connectivity index (χ1) is 9.56. The van der Waals surface area contributed by atoms with Crippen molar-refractivity contribution in [2.75, 3.05) is 20.7 Å². The summed E-state index contributed by atoms with van der Waals surface area (Å²) in [7, 11) is -0.0656. The normalized spacial score (nSPS) is 23.3. The SMILES string of the molecule is CNCCn1cc(S(=O)(=O)NC2CCCC2OC)cn1.